The number of aryl methyl sites for hydroxylation is 1. The number of aromatic nitrogens is 2. The lowest BCUT2D eigenvalue weighted by molar-refractivity contribution is -0.137. The summed E-state index contributed by atoms with van der Waals surface area (Å²) in [7, 11) is 1.54. The number of nitrogens with zero attached hydrogens (tertiary/aromatic N) is 3. The predicted octanol–water partition coefficient (Wildman–Crippen LogP) is 6.47. The Morgan fingerprint density at radius 1 is 0.842 bits per heavy atom. The molecule has 0 atom stereocenters. The topological polar surface area (TPSA) is 99.2 Å². The fraction of sp³-hybridized carbons (Fsp3) is 0.111. The van der Waals surface area contributed by atoms with Crippen LogP contribution in [0.1, 0.15) is 21.5 Å². The molecule has 0 aliphatic rings. The van der Waals surface area contributed by atoms with E-state index in [-0.39, 0.29) is 5.56 Å². The summed E-state index contributed by atoms with van der Waals surface area (Å²) in [5, 5.41) is 8.47. The molecule has 0 bridgehead atoms. The molecule has 11 heteroatoms. The number of nitrogens with one attached hydrogen (secondary N) is 3. The van der Waals surface area contributed by atoms with Crippen LogP contribution in [0.5, 0.6) is 0 Å². The number of para-hydroxylation sites is 1. The van der Waals surface area contributed by atoms with Crippen molar-refractivity contribution in [1.29, 1.82) is 0 Å². The van der Waals surface area contributed by atoms with Crippen LogP contribution in [0.2, 0.25) is 0 Å². The minimum Gasteiger partial charge on any atom is -0.340 e. The largest absolute Gasteiger partial charge is 0.416 e. The summed E-state index contributed by atoms with van der Waals surface area (Å²) in [6.07, 6.45) is -3.23. The molecule has 0 aliphatic heterocycles. The van der Waals surface area contributed by atoms with Crippen LogP contribution in [0.3, 0.4) is 0 Å². The zero-order chi connectivity index (χ0) is 27.3. The van der Waals surface area contributed by atoms with E-state index in [0.717, 1.165) is 17.8 Å². The number of urea groups is 1. The van der Waals surface area contributed by atoms with Gasteiger partial charge in [-0.05, 0) is 55.0 Å². The van der Waals surface area contributed by atoms with Gasteiger partial charge in [-0.1, -0.05) is 30.3 Å². The highest BCUT2D eigenvalue weighted by atomic mass is 19.4. The molecule has 0 spiro atoms. The van der Waals surface area contributed by atoms with E-state index >= 15 is 0 Å². The third-order valence-corrected chi connectivity index (χ3v) is 5.54. The molecular formula is C27H23F3N6O2. The maximum Gasteiger partial charge on any atom is 0.416 e. The smallest absolute Gasteiger partial charge is 0.340 e. The van der Waals surface area contributed by atoms with Gasteiger partial charge in [0.25, 0.3) is 5.91 Å². The first-order valence-corrected chi connectivity index (χ1v) is 11.4. The number of anilines is 5. The molecule has 0 unspecified atom stereocenters. The number of amides is 3. The number of hydrogen-bond acceptors (Lipinski definition) is 5. The number of carbonyl (C=O) groups excluding carboxylic acids is 2. The zero-order valence-electron chi connectivity index (χ0n) is 20.4. The number of hydrogen-bond donors (Lipinski definition) is 3. The molecule has 8 nitrogen and oxygen atoms in total. The van der Waals surface area contributed by atoms with Gasteiger partial charge in [-0.3, -0.25) is 9.69 Å². The lowest BCUT2D eigenvalue weighted by Gasteiger charge is -2.19. The summed E-state index contributed by atoms with van der Waals surface area (Å²) in [6.45, 7) is 1.76. The van der Waals surface area contributed by atoms with Gasteiger partial charge in [0, 0.05) is 35.7 Å². The van der Waals surface area contributed by atoms with E-state index in [9.17, 15) is 22.8 Å². The van der Waals surface area contributed by atoms with Crippen molar-refractivity contribution in [3.05, 3.63) is 102 Å². The van der Waals surface area contributed by atoms with E-state index in [0.29, 0.717) is 28.6 Å². The third kappa shape index (κ3) is 6.44. The molecule has 1 aromatic heterocycles. The Labute approximate surface area is 216 Å². The lowest BCUT2D eigenvalue weighted by Crippen LogP contribution is -2.32. The molecule has 4 rings (SSSR count). The Kier molecular flexibility index (Phi) is 7.56. The molecule has 0 saturated heterocycles. The van der Waals surface area contributed by atoms with Crippen LogP contribution in [0.4, 0.5) is 46.7 Å². The van der Waals surface area contributed by atoms with Crippen LogP contribution in [0.15, 0.2) is 85.2 Å². The van der Waals surface area contributed by atoms with E-state index in [1.165, 1.54) is 29.4 Å². The number of rotatable bonds is 6. The van der Waals surface area contributed by atoms with Crippen LogP contribution >= 0.6 is 0 Å². The van der Waals surface area contributed by atoms with Gasteiger partial charge in [0.2, 0.25) is 0 Å². The number of alkyl halides is 3. The van der Waals surface area contributed by atoms with E-state index in [1.54, 1.807) is 32.2 Å². The summed E-state index contributed by atoms with van der Waals surface area (Å²) in [5.41, 5.74) is 1.17. The van der Waals surface area contributed by atoms with Crippen molar-refractivity contribution in [1.82, 2.24) is 9.97 Å². The molecule has 3 N–H and O–H groups in total. The van der Waals surface area contributed by atoms with E-state index < -0.39 is 23.7 Å². The van der Waals surface area contributed by atoms with Crippen molar-refractivity contribution in [2.24, 2.45) is 0 Å². The SMILES string of the molecule is Cc1ccc(NC(=O)c2cccc(C(F)(F)F)c2)cc1NC(=O)N(C)c1cc(Nc2ccccc2)ncn1. The van der Waals surface area contributed by atoms with Crippen LogP contribution in [0.25, 0.3) is 0 Å². The van der Waals surface area contributed by atoms with Crippen LogP contribution < -0.4 is 20.9 Å². The van der Waals surface area contributed by atoms with Crippen molar-refractivity contribution in [2.75, 3.05) is 27.9 Å². The van der Waals surface area contributed by atoms with E-state index in [1.807, 2.05) is 30.3 Å². The van der Waals surface area contributed by atoms with Gasteiger partial charge in [-0.15, -0.1) is 0 Å². The average molecular weight is 521 g/mol. The monoisotopic (exact) mass is 520 g/mol. The van der Waals surface area contributed by atoms with Crippen LogP contribution in [-0.4, -0.2) is 29.0 Å². The van der Waals surface area contributed by atoms with Crippen molar-refractivity contribution in [3.63, 3.8) is 0 Å². The summed E-state index contributed by atoms with van der Waals surface area (Å²) >= 11 is 0. The van der Waals surface area contributed by atoms with Crippen molar-refractivity contribution in [3.8, 4) is 0 Å². The molecule has 3 aromatic carbocycles. The van der Waals surface area contributed by atoms with Crippen LogP contribution in [0, 0.1) is 6.92 Å². The predicted molar refractivity (Wildman–Crippen MR) is 140 cm³/mol. The molecule has 0 aliphatic carbocycles. The maximum absolute atomic E-state index is 13.0. The normalized spacial score (nSPS) is 11.0. The molecule has 38 heavy (non-hydrogen) atoms. The number of halogens is 3. The average Bonchev–Trinajstić information content (AvgIpc) is 2.90. The first-order chi connectivity index (χ1) is 18.1. The Morgan fingerprint density at radius 3 is 2.34 bits per heavy atom. The highest BCUT2D eigenvalue weighted by molar-refractivity contribution is 6.05. The zero-order valence-corrected chi connectivity index (χ0v) is 20.4. The molecule has 0 saturated carbocycles. The first kappa shape index (κ1) is 26.1. The molecule has 1 heterocycles. The Balaban J connectivity index is 1.46. The second-order valence-electron chi connectivity index (χ2n) is 8.30. The van der Waals surface area contributed by atoms with Gasteiger partial charge in [0.1, 0.15) is 18.0 Å². The fourth-order valence-corrected chi connectivity index (χ4v) is 3.45. The van der Waals surface area contributed by atoms with Crippen molar-refractivity contribution in [2.45, 2.75) is 13.1 Å². The number of benzene rings is 3. The van der Waals surface area contributed by atoms with Gasteiger partial charge in [0.15, 0.2) is 0 Å². The fourth-order valence-electron chi connectivity index (χ4n) is 3.45. The van der Waals surface area contributed by atoms with Gasteiger partial charge in [-0.2, -0.15) is 13.2 Å². The standard InChI is InChI=1S/C27H23F3N6O2/c1-17-11-12-21(34-25(37)18-7-6-8-19(13-18)27(28,29)30)14-22(17)35-26(38)36(2)24-15-23(31-16-32-24)33-20-9-4-3-5-10-20/h3-16H,1-2H3,(H,34,37)(H,35,38)(H,31,32,33). The van der Waals surface area contributed by atoms with Gasteiger partial charge in [-0.25, -0.2) is 14.8 Å². The molecule has 0 radical (unpaired) electrons. The van der Waals surface area contributed by atoms with Gasteiger partial charge >= 0.3 is 12.2 Å². The second kappa shape index (κ2) is 11.0. The first-order valence-electron chi connectivity index (χ1n) is 11.4. The highest BCUT2D eigenvalue weighted by Crippen LogP contribution is 2.30. The van der Waals surface area contributed by atoms with Gasteiger partial charge in [0.05, 0.1) is 5.56 Å². The van der Waals surface area contributed by atoms with E-state index in [2.05, 4.69) is 25.9 Å². The highest BCUT2D eigenvalue weighted by Gasteiger charge is 2.31. The molecule has 3 amide bonds. The molecule has 194 valence electrons. The van der Waals surface area contributed by atoms with Gasteiger partial charge < -0.3 is 16.0 Å². The maximum atomic E-state index is 13.0. The minimum absolute atomic E-state index is 0.144. The molecular weight excluding hydrogens is 497 g/mol. The molecule has 4 aromatic rings. The molecule has 0 fully saturated rings. The Hall–Kier alpha value is -4.93. The lowest BCUT2D eigenvalue weighted by atomic mass is 10.1. The van der Waals surface area contributed by atoms with Crippen LogP contribution in [-0.2, 0) is 6.18 Å². The second-order valence-corrected chi connectivity index (χ2v) is 8.30. The Morgan fingerprint density at radius 2 is 1.61 bits per heavy atom. The summed E-state index contributed by atoms with van der Waals surface area (Å²) in [5.74, 6) is 0.118. The summed E-state index contributed by atoms with van der Waals surface area (Å²) in [4.78, 5) is 35.2. The summed E-state index contributed by atoms with van der Waals surface area (Å²) < 4.78 is 39.0. The number of carbonyl (C=O) groups is 2. The van der Waals surface area contributed by atoms with E-state index in [4.69, 9.17) is 0 Å². The quantitative estimate of drug-likeness (QED) is 0.271. The Bertz CT molecular complexity index is 1460. The van der Waals surface area contributed by atoms with Crippen molar-refractivity contribution >= 4 is 40.6 Å². The summed E-state index contributed by atoms with van der Waals surface area (Å²) in [6, 6.07) is 19.4. The van der Waals surface area contributed by atoms with Crippen molar-refractivity contribution < 1.29 is 22.8 Å². The minimum atomic E-state index is -4.56. The third-order valence-electron chi connectivity index (χ3n) is 5.54.